The fourth-order valence-electron chi connectivity index (χ4n) is 2.42. The van der Waals surface area contributed by atoms with Gasteiger partial charge in [-0.25, -0.2) is 8.78 Å². The molecule has 0 aliphatic carbocycles. The largest absolute Gasteiger partial charge is 0.346 e. The average Bonchev–Trinajstić information content (AvgIpc) is 3.08. The summed E-state index contributed by atoms with van der Waals surface area (Å²) < 4.78 is 37.2. The molecule has 0 atom stereocenters. The number of ether oxygens (including phenoxy) is 2. The van der Waals surface area contributed by atoms with Gasteiger partial charge in [-0.15, -0.1) is 0 Å². The lowest BCUT2D eigenvalue weighted by atomic mass is 10.0. The molecule has 6 nitrogen and oxygen atoms in total. The van der Waals surface area contributed by atoms with Crippen LogP contribution in [-0.2, 0) is 9.47 Å². The van der Waals surface area contributed by atoms with Crippen LogP contribution in [0.4, 0.5) is 14.5 Å². The van der Waals surface area contributed by atoms with Gasteiger partial charge in [-0.05, 0) is 6.07 Å². The van der Waals surface area contributed by atoms with Crippen molar-refractivity contribution in [2.24, 2.45) is 0 Å². The normalized spacial score (nSPS) is 15.3. The van der Waals surface area contributed by atoms with Crippen molar-refractivity contribution in [2.45, 2.75) is 12.7 Å². The maximum absolute atomic E-state index is 13.3. The van der Waals surface area contributed by atoms with Crippen LogP contribution < -0.4 is 0 Å². The summed E-state index contributed by atoms with van der Waals surface area (Å²) in [5.41, 5.74) is -0.327. The molecule has 1 aromatic heterocycles. The van der Waals surface area contributed by atoms with Gasteiger partial charge in [0, 0.05) is 23.4 Å². The van der Waals surface area contributed by atoms with Crippen LogP contribution in [0.2, 0.25) is 0 Å². The number of hydrogen-bond donors (Lipinski definition) is 0. The summed E-state index contributed by atoms with van der Waals surface area (Å²) in [7, 11) is 0. The number of halogens is 2. The Kier molecular flexibility index (Phi) is 4.26. The van der Waals surface area contributed by atoms with Gasteiger partial charge in [0.2, 0.25) is 0 Å². The Labute approximate surface area is 129 Å². The molecule has 120 valence electrons. The van der Waals surface area contributed by atoms with E-state index in [9.17, 15) is 18.9 Å². The van der Waals surface area contributed by atoms with E-state index in [-0.39, 0.29) is 11.3 Å². The van der Waals surface area contributed by atoms with Gasteiger partial charge < -0.3 is 9.47 Å². The first-order valence-corrected chi connectivity index (χ1v) is 6.83. The molecule has 1 fully saturated rings. The SMILES string of the molecule is O=[N+]([O-])c1cccc(-c2ccc(C3OCCO3)cn2)c1C(F)F. The molecule has 0 amide bonds. The highest BCUT2D eigenvalue weighted by atomic mass is 19.3. The average molecular weight is 322 g/mol. The molecule has 1 aliphatic rings. The zero-order valence-electron chi connectivity index (χ0n) is 11.8. The van der Waals surface area contributed by atoms with E-state index < -0.39 is 28.9 Å². The molecular formula is C15H12F2N2O4. The molecule has 0 saturated carbocycles. The van der Waals surface area contributed by atoms with Crippen molar-refractivity contribution < 1.29 is 23.2 Å². The number of hydrogen-bond acceptors (Lipinski definition) is 5. The third-order valence-corrected chi connectivity index (χ3v) is 3.45. The maximum atomic E-state index is 13.3. The third-order valence-electron chi connectivity index (χ3n) is 3.45. The van der Waals surface area contributed by atoms with E-state index in [0.717, 1.165) is 6.07 Å². The van der Waals surface area contributed by atoms with Crippen LogP contribution in [0.25, 0.3) is 11.3 Å². The van der Waals surface area contributed by atoms with Crippen LogP contribution in [0.5, 0.6) is 0 Å². The summed E-state index contributed by atoms with van der Waals surface area (Å²) in [6.07, 6.45) is -2.04. The van der Waals surface area contributed by atoms with E-state index >= 15 is 0 Å². The van der Waals surface area contributed by atoms with Gasteiger partial charge in [-0.1, -0.05) is 18.2 Å². The lowest BCUT2D eigenvalue weighted by Gasteiger charge is -2.11. The molecule has 3 rings (SSSR count). The van der Waals surface area contributed by atoms with Crippen molar-refractivity contribution in [3.63, 3.8) is 0 Å². The van der Waals surface area contributed by atoms with Gasteiger partial charge in [0.15, 0.2) is 6.29 Å². The van der Waals surface area contributed by atoms with Crippen molar-refractivity contribution in [3.8, 4) is 11.3 Å². The van der Waals surface area contributed by atoms with E-state index in [1.165, 1.54) is 24.4 Å². The van der Waals surface area contributed by atoms with Crippen molar-refractivity contribution in [1.82, 2.24) is 4.98 Å². The van der Waals surface area contributed by atoms with E-state index in [2.05, 4.69) is 4.98 Å². The summed E-state index contributed by atoms with van der Waals surface area (Å²) in [5, 5.41) is 11.0. The summed E-state index contributed by atoms with van der Waals surface area (Å²) in [6.45, 7) is 0.958. The highest BCUT2D eigenvalue weighted by Gasteiger charge is 2.26. The van der Waals surface area contributed by atoms with Crippen LogP contribution in [0.15, 0.2) is 36.5 Å². The first-order chi connectivity index (χ1) is 11.1. The lowest BCUT2D eigenvalue weighted by Crippen LogP contribution is -2.01. The second kappa shape index (κ2) is 6.35. The Morgan fingerprint density at radius 3 is 2.52 bits per heavy atom. The summed E-state index contributed by atoms with van der Waals surface area (Å²) in [5.74, 6) is 0. The minimum absolute atomic E-state index is 0.0361. The minimum Gasteiger partial charge on any atom is -0.346 e. The predicted octanol–water partition coefficient (Wildman–Crippen LogP) is 3.64. The first-order valence-electron chi connectivity index (χ1n) is 6.83. The van der Waals surface area contributed by atoms with Gasteiger partial charge in [-0.3, -0.25) is 15.1 Å². The minimum atomic E-state index is -2.98. The predicted molar refractivity (Wildman–Crippen MR) is 75.9 cm³/mol. The number of nitro groups is 1. The smallest absolute Gasteiger partial charge is 0.278 e. The second-order valence-corrected chi connectivity index (χ2v) is 4.85. The topological polar surface area (TPSA) is 74.5 Å². The molecular weight excluding hydrogens is 310 g/mol. The Balaban J connectivity index is 2.01. The molecule has 2 aromatic rings. The molecule has 1 saturated heterocycles. The molecule has 23 heavy (non-hydrogen) atoms. The number of alkyl halides is 2. The number of pyridine rings is 1. The molecule has 0 spiro atoms. The first kappa shape index (κ1) is 15.4. The van der Waals surface area contributed by atoms with E-state index in [0.29, 0.717) is 18.8 Å². The second-order valence-electron chi connectivity index (χ2n) is 4.85. The fourth-order valence-corrected chi connectivity index (χ4v) is 2.42. The Morgan fingerprint density at radius 2 is 1.96 bits per heavy atom. The molecule has 2 heterocycles. The Hall–Kier alpha value is -2.45. The highest BCUT2D eigenvalue weighted by Crippen LogP contribution is 2.37. The number of benzene rings is 1. The van der Waals surface area contributed by atoms with Gasteiger partial charge in [0.25, 0.3) is 12.1 Å². The number of rotatable bonds is 4. The zero-order chi connectivity index (χ0) is 16.4. The van der Waals surface area contributed by atoms with Gasteiger partial charge in [0.05, 0.1) is 23.8 Å². The molecule has 0 radical (unpaired) electrons. The van der Waals surface area contributed by atoms with Gasteiger partial charge >= 0.3 is 0 Å². The monoisotopic (exact) mass is 322 g/mol. The third kappa shape index (κ3) is 3.03. The van der Waals surface area contributed by atoms with Gasteiger partial charge in [-0.2, -0.15) is 0 Å². The van der Waals surface area contributed by atoms with Crippen molar-refractivity contribution in [3.05, 3.63) is 57.8 Å². The lowest BCUT2D eigenvalue weighted by molar-refractivity contribution is -0.386. The van der Waals surface area contributed by atoms with Crippen LogP contribution in [0.3, 0.4) is 0 Å². The van der Waals surface area contributed by atoms with E-state index in [1.807, 2.05) is 0 Å². The molecule has 0 N–H and O–H groups in total. The Morgan fingerprint density at radius 1 is 1.22 bits per heavy atom. The number of aromatic nitrogens is 1. The molecule has 0 unspecified atom stereocenters. The fraction of sp³-hybridized carbons (Fsp3) is 0.267. The van der Waals surface area contributed by atoms with E-state index in [1.54, 1.807) is 6.07 Å². The zero-order valence-corrected chi connectivity index (χ0v) is 11.8. The highest BCUT2D eigenvalue weighted by molar-refractivity contribution is 5.69. The van der Waals surface area contributed by atoms with Crippen LogP contribution >= 0.6 is 0 Å². The van der Waals surface area contributed by atoms with Crippen molar-refractivity contribution >= 4 is 5.69 Å². The standard InChI is InChI=1S/C15H12F2N2O4/c16-14(17)13-10(2-1-3-12(13)19(20)21)11-5-4-9(8-18-11)15-22-6-7-23-15/h1-5,8,14-15H,6-7H2. The van der Waals surface area contributed by atoms with Crippen molar-refractivity contribution in [2.75, 3.05) is 13.2 Å². The Bertz CT molecular complexity index is 716. The maximum Gasteiger partial charge on any atom is 0.278 e. The molecule has 1 aliphatic heterocycles. The molecule has 1 aromatic carbocycles. The summed E-state index contributed by atoms with van der Waals surface area (Å²) >= 11 is 0. The van der Waals surface area contributed by atoms with Crippen molar-refractivity contribution in [1.29, 1.82) is 0 Å². The van der Waals surface area contributed by atoms with Crippen LogP contribution in [0, 0.1) is 10.1 Å². The van der Waals surface area contributed by atoms with Crippen LogP contribution in [-0.4, -0.2) is 23.1 Å². The summed E-state index contributed by atoms with van der Waals surface area (Å²) in [4.78, 5) is 14.3. The number of nitro benzene ring substituents is 1. The number of nitrogens with zero attached hydrogens (tertiary/aromatic N) is 2. The van der Waals surface area contributed by atoms with Gasteiger partial charge in [0.1, 0.15) is 5.56 Å². The quantitative estimate of drug-likeness (QED) is 0.634. The summed E-state index contributed by atoms with van der Waals surface area (Å²) in [6, 6.07) is 6.97. The molecule has 8 heteroatoms. The van der Waals surface area contributed by atoms with Crippen LogP contribution in [0.1, 0.15) is 23.8 Å². The molecule has 0 bridgehead atoms. The van der Waals surface area contributed by atoms with E-state index in [4.69, 9.17) is 9.47 Å².